The number of anilines is 1. The second kappa shape index (κ2) is 6.28. The molecule has 4 nitrogen and oxygen atoms in total. The third kappa shape index (κ3) is 3.41. The van der Waals surface area contributed by atoms with Gasteiger partial charge in [-0.1, -0.05) is 19.1 Å². The van der Waals surface area contributed by atoms with Crippen molar-refractivity contribution < 1.29 is 4.92 Å². The Morgan fingerprint density at radius 1 is 1.47 bits per heavy atom. The van der Waals surface area contributed by atoms with Gasteiger partial charge in [-0.25, -0.2) is 0 Å². The van der Waals surface area contributed by atoms with Crippen molar-refractivity contribution in [2.75, 3.05) is 11.1 Å². The molecule has 0 heterocycles. The molecule has 0 saturated heterocycles. The summed E-state index contributed by atoms with van der Waals surface area (Å²) in [6.45, 7) is 4.10. The van der Waals surface area contributed by atoms with Gasteiger partial charge in [0.15, 0.2) is 0 Å². The fraction of sp³-hybridized carbons (Fsp3) is 0.571. The lowest BCUT2D eigenvalue weighted by Gasteiger charge is -2.16. The molecule has 0 amide bonds. The minimum atomic E-state index is -0.303. The molecule has 0 aliphatic heterocycles. The Labute approximate surface area is 118 Å². The Hall–Kier alpha value is -1.23. The summed E-state index contributed by atoms with van der Waals surface area (Å²) in [6, 6.07) is 5.59. The molecule has 1 aromatic carbocycles. The van der Waals surface area contributed by atoms with Crippen LogP contribution in [0.1, 0.15) is 31.7 Å². The smallest absolute Gasteiger partial charge is 0.292 e. The van der Waals surface area contributed by atoms with E-state index in [9.17, 15) is 10.1 Å². The fourth-order valence-electron chi connectivity index (χ4n) is 2.65. The quantitative estimate of drug-likeness (QED) is 0.654. The Kier molecular flexibility index (Phi) is 4.69. The maximum Gasteiger partial charge on any atom is 0.292 e. The summed E-state index contributed by atoms with van der Waals surface area (Å²) in [6.07, 6.45) is 3.41. The van der Waals surface area contributed by atoms with E-state index in [1.807, 2.05) is 24.8 Å². The van der Waals surface area contributed by atoms with Gasteiger partial charge < -0.3 is 5.32 Å². The number of hydrogen-bond acceptors (Lipinski definition) is 4. The maximum absolute atomic E-state index is 11.1. The van der Waals surface area contributed by atoms with Gasteiger partial charge in [-0.3, -0.25) is 10.1 Å². The SMILES string of the molecule is CCSC1CCC(Nc2c(C)cccc2[N+](=O)[O-])C1. The van der Waals surface area contributed by atoms with Crippen LogP contribution in [0.2, 0.25) is 0 Å². The van der Waals surface area contributed by atoms with Gasteiger partial charge in [-0.15, -0.1) is 0 Å². The topological polar surface area (TPSA) is 55.2 Å². The van der Waals surface area contributed by atoms with Crippen LogP contribution in [0, 0.1) is 17.0 Å². The number of nitro groups is 1. The third-order valence-corrected chi connectivity index (χ3v) is 4.82. The maximum atomic E-state index is 11.1. The summed E-state index contributed by atoms with van der Waals surface area (Å²) >= 11 is 1.99. The molecule has 0 bridgehead atoms. The van der Waals surface area contributed by atoms with Crippen LogP contribution in [0.25, 0.3) is 0 Å². The molecule has 0 radical (unpaired) electrons. The molecule has 19 heavy (non-hydrogen) atoms. The van der Waals surface area contributed by atoms with Crippen molar-refractivity contribution in [3.63, 3.8) is 0 Å². The zero-order valence-electron chi connectivity index (χ0n) is 11.4. The van der Waals surface area contributed by atoms with E-state index in [-0.39, 0.29) is 10.6 Å². The van der Waals surface area contributed by atoms with Crippen LogP contribution in [-0.4, -0.2) is 22.0 Å². The second-order valence-electron chi connectivity index (χ2n) is 4.96. The average molecular weight is 280 g/mol. The van der Waals surface area contributed by atoms with Crippen LogP contribution in [0.15, 0.2) is 18.2 Å². The summed E-state index contributed by atoms with van der Waals surface area (Å²) in [4.78, 5) is 10.8. The molecule has 1 N–H and O–H groups in total. The van der Waals surface area contributed by atoms with Gasteiger partial charge in [0, 0.05) is 17.4 Å². The van der Waals surface area contributed by atoms with Crippen molar-refractivity contribution in [2.45, 2.75) is 44.4 Å². The lowest BCUT2D eigenvalue weighted by Crippen LogP contribution is -2.17. The fourth-order valence-corrected chi connectivity index (χ4v) is 3.80. The van der Waals surface area contributed by atoms with Gasteiger partial charge >= 0.3 is 0 Å². The number of nitrogens with zero attached hydrogens (tertiary/aromatic N) is 1. The van der Waals surface area contributed by atoms with Crippen molar-refractivity contribution in [1.29, 1.82) is 0 Å². The van der Waals surface area contributed by atoms with E-state index in [1.54, 1.807) is 12.1 Å². The van der Waals surface area contributed by atoms with Crippen molar-refractivity contribution in [2.24, 2.45) is 0 Å². The monoisotopic (exact) mass is 280 g/mol. The summed E-state index contributed by atoms with van der Waals surface area (Å²) < 4.78 is 0. The van der Waals surface area contributed by atoms with E-state index < -0.39 is 0 Å². The molecule has 1 fully saturated rings. The molecule has 1 saturated carbocycles. The zero-order valence-corrected chi connectivity index (χ0v) is 12.2. The van der Waals surface area contributed by atoms with Gasteiger partial charge in [0.1, 0.15) is 5.69 Å². The first-order valence-electron chi connectivity index (χ1n) is 6.74. The summed E-state index contributed by atoms with van der Waals surface area (Å²) in [5.41, 5.74) is 1.83. The third-order valence-electron chi connectivity index (χ3n) is 3.58. The van der Waals surface area contributed by atoms with Crippen LogP contribution in [0.3, 0.4) is 0 Å². The number of rotatable bonds is 5. The Bertz CT molecular complexity index is 465. The first-order chi connectivity index (χ1) is 9.11. The van der Waals surface area contributed by atoms with Gasteiger partial charge in [-0.2, -0.15) is 11.8 Å². The Balaban J connectivity index is 2.09. The molecule has 1 aromatic rings. The Morgan fingerprint density at radius 2 is 2.26 bits per heavy atom. The molecule has 2 unspecified atom stereocenters. The highest BCUT2D eigenvalue weighted by atomic mass is 32.2. The molecule has 0 aromatic heterocycles. The number of thioether (sulfide) groups is 1. The lowest BCUT2D eigenvalue weighted by molar-refractivity contribution is -0.384. The molecule has 5 heteroatoms. The zero-order chi connectivity index (χ0) is 13.8. The van der Waals surface area contributed by atoms with Gasteiger partial charge in [0.05, 0.1) is 4.92 Å². The molecule has 1 aliphatic rings. The van der Waals surface area contributed by atoms with Gasteiger partial charge in [0.2, 0.25) is 0 Å². The number of nitrogens with one attached hydrogen (secondary N) is 1. The number of nitro benzene ring substituents is 1. The summed E-state index contributed by atoms with van der Waals surface area (Å²) in [7, 11) is 0. The second-order valence-corrected chi connectivity index (χ2v) is 6.54. The van der Waals surface area contributed by atoms with E-state index in [2.05, 4.69) is 12.2 Å². The number of para-hydroxylation sites is 1. The standard InChI is InChI=1S/C14H20N2O2S/c1-3-19-12-8-7-11(9-12)15-14-10(2)5-4-6-13(14)16(17)18/h4-6,11-12,15H,3,7-9H2,1-2H3. The minimum absolute atomic E-state index is 0.187. The first kappa shape index (κ1) is 14.2. The van der Waals surface area contributed by atoms with Crippen LogP contribution in [0.4, 0.5) is 11.4 Å². The van der Waals surface area contributed by atoms with Crippen molar-refractivity contribution in [1.82, 2.24) is 0 Å². The van der Waals surface area contributed by atoms with E-state index >= 15 is 0 Å². The average Bonchev–Trinajstić information content (AvgIpc) is 2.79. The van der Waals surface area contributed by atoms with Gasteiger partial charge in [0.25, 0.3) is 5.69 Å². The van der Waals surface area contributed by atoms with Crippen LogP contribution in [0.5, 0.6) is 0 Å². The molecule has 1 aliphatic carbocycles. The van der Waals surface area contributed by atoms with Crippen LogP contribution in [-0.2, 0) is 0 Å². The predicted molar refractivity (Wildman–Crippen MR) is 81.0 cm³/mol. The summed E-state index contributed by atoms with van der Waals surface area (Å²) in [5, 5.41) is 15.2. The first-order valence-corrected chi connectivity index (χ1v) is 7.78. The highest BCUT2D eigenvalue weighted by molar-refractivity contribution is 7.99. The molecule has 2 atom stereocenters. The minimum Gasteiger partial charge on any atom is -0.377 e. The summed E-state index contributed by atoms with van der Waals surface area (Å²) in [5.74, 6) is 1.14. The van der Waals surface area contributed by atoms with Crippen molar-refractivity contribution >= 4 is 23.1 Å². The molecule has 104 valence electrons. The normalized spacial score (nSPS) is 22.4. The number of hydrogen-bond donors (Lipinski definition) is 1. The van der Waals surface area contributed by atoms with Crippen LogP contribution < -0.4 is 5.32 Å². The lowest BCUT2D eigenvalue weighted by atomic mass is 10.1. The molecular formula is C14H20N2O2S. The van der Waals surface area contributed by atoms with E-state index in [4.69, 9.17) is 0 Å². The molecular weight excluding hydrogens is 260 g/mol. The number of benzene rings is 1. The Morgan fingerprint density at radius 3 is 2.95 bits per heavy atom. The van der Waals surface area contributed by atoms with E-state index in [1.165, 1.54) is 6.42 Å². The predicted octanol–water partition coefficient (Wildman–Crippen LogP) is 3.99. The molecule has 2 rings (SSSR count). The van der Waals surface area contributed by atoms with Crippen LogP contribution >= 0.6 is 11.8 Å². The van der Waals surface area contributed by atoms with Crippen molar-refractivity contribution in [3.05, 3.63) is 33.9 Å². The van der Waals surface area contributed by atoms with E-state index in [0.717, 1.165) is 24.2 Å². The number of aryl methyl sites for hydroxylation is 1. The van der Waals surface area contributed by atoms with Gasteiger partial charge in [-0.05, 0) is 37.5 Å². The van der Waals surface area contributed by atoms with E-state index in [0.29, 0.717) is 17.0 Å². The largest absolute Gasteiger partial charge is 0.377 e. The van der Waals surface area contributed by atoms with Crippen molar-refractivity contribution in [3.8, 4) is 0 Å². The molecule has 0 spiro atoms. The highest BCUT2D eigenvalue weighted by Crippen LogP contribution is 2.35. The highest BCUT2D eigenvalue weighted by Gasteiger charge is 2.26.